The van der Waals surface area contributed by atoms with Crippen LogP contribution in [-0.4, -0.2) is 60.5 Å². The van der Waals surface area contributed by atoms with Crippen molar-refractivity contribution in [3.63, 3.8) is 0 Å². The van der Waals surface area contributed by atoms with Crippen molar-refractivity contribution in [2.45, 2.75) is 65.8 Å². The van der Waals surface area contributed by atoms with Gasteiger partial charge in [-0.2, -0.15) is 0 Å². The smallest absolute Gasteiger partial charge is 0.310 e. The van der Waals surface area contributed by atoms with Gasteiger partial charge in [0.1, 0.15) is 0 Å². The highest BCUT2D eigenvalue weighted by atomic mass is 16.5. The highest BCUT2D eigenvalue weighted by Gasteiger charge is 2.36. The fourth-order valence-electron chi connectivity index (χ4n) is 3.34. The van der Waals surface area contributed by atoms with E-state index < -0.39 is 0 Å². The van der Waals surface area contributed by atoms with Gasteiger partial charge in [0.25, 0.3) is 0 Å². The topological polar surface area (TPSA) is 49.9 Å². The standard InChI is InChI=1S/C18H34N2O3/c1-5-9-16(17(21)19(11-6-2)12-7-3)20-13-10-15(14-20)18(22)23-8-4/h15-16H,5-14H2,1-4H3/t15?,16-/m1/s1. The number of nitrogens with zero attached hydrogens (tertiary/aromatic N) is 2. The van der Waals surface area contributed by atoms with Crippen molar-refractivity contribution in [2.24, 2.45) is 5.92 Å². The first kappa shape index (κ1) is 19.9. The summed E-state index contributed by atoms with van der Waals surface area (Å²) >= 11 is 0. The first-order valence-corrected chi connectivity index (χ1v) is 9.28. The molecule has 5 heteroatoms. The predicted octanol–water partition coefficient (Wildman–Crippen LogP) is 2.69. The highest BCUT2D eigenvalue weighted by molar-refractivity contribution is 5.82. The number of rotatable bonds is 10. The van der Waals surface area contributed by atoms with Crippen LogP contribution in [0.25, 0.3) is 0 Å². The van der Waals surface area contributed by atoms with Gasteiger partial charge in [0.15, 0.2) is 0 Å². The lowest BCUT2D eigenvalue weighted by molar-refractivity contribution is -0.148. The largest absolute Gasteiger partial charge is 0.466 e. The van der Waals surface area contributed by atoms with Gasteiger partial charge in [0, 0.05) is 19.6 Å². The summed E-state index contributed by atoms with van der Waals surface area (Å²) in [6, 6.07) is -0.0856. The summed E-state index contributed by atoms with van der Waals surface area (Å²) < 4.78 is 5.14. The minimum atomic E-state index is -0.114. The van der Waals surface area contributed by atoms with Gasteiger partial charge < -0.3 is 9.64 Å². The zero-order valence-electron chi connectivity index (χ0n) is 15.3. The van der Waals surface area contributed by atoms with E-state index in [0.29, 0.717) is 13.2 Å². The lowest BCUT2D eigenvalue weighted by Crippen LogP contribution is -2.48. The van der Waals surface area contributed by atoms with Gasteiger partial charge >= 0.3 is 5.97 Å². The molecule has 1 unspecified atom stereocenters. The van der Waals surface area contributed by atoms with Crippen LogP contribution in [0, 0.1) is 5.92 Å². The second-order valence-corrected chi connectivity index (χ2v) is 6.36. The zero-order valence-corrected chi connectivity index (χ0v) is 15.3. The quantitative estimate of drug-likeness (QED) is 0.579. The molecular formula is C18H34N2O3. The molecule has 1 saturated heterocycles. The average molecular weight is 326 g/mol. The van der Waals surface area contributed by atoms with Crippen molar-refractivity contribution in [3.05, 3.63) is 0 Å². The molecule has 0 spiro atoms. The number of ether oxygens (including phenoxy) is 1. The second-order valence-electron chi connectivity index (χ2n) is 6.36. The van der Waals surface area contributed by atoms with Gasteiger partial charge in [0.05, 0.1) is 18.6 Å². The third kappa shape index (κ3) is 5.79. The molecule has 0 aromatic carbocycles. The molecule has 0 radical (unpaired) electrons. The van der Waals surface area contributed by atoms with E-state index >= 15 is 0 Å². The fraction of sp³-hybridized carbons (Fsp3) is 0.889. The molecule has 5 nitrogen and oxygen atoms in total. The van der Waals surface area contributed by atoms with Gasteiger partial charge in [-0.15, -0.1) is 0 Å². The van der Waals surface area contributed by atoms with Gasteiger partial charge in [-0.3, -0.25) is 14.5 Å². The van der Waals surface area contributed by atoms with Gasteiger partial charge in [0.2, 0.25) is 5.91 Å². The summed E-state index contributed by atoms with van der Waals surface area (Å²) in [7, 11) is 0. The molecule has 1 amide bonds. The van der Waals surface area contributed by atoms with E-state index in [2.05, 4.69) is 25.7 Å². The minimum Gasteiger partial charge on any atom is -0.466 e. The molecule has 2 atom stereocenters. The molecule has 0 N–H and O–H groups in total. The Morgan fingerprint density at radius 3 is 2.30 bits per heavy atom. The van der Waals surface area contributed by atoms with Crippen LogP contribution in [0.2, 0.25) is 0 Å². The van der Waals surface area contributed by atoms with E-state index in [1.165, 1.54) is 0 Å². The Morgan fingerprint density at radius 1 is 1.13 bits per heavy atom. The van der Waals surface area contributed by atoms with Crippen LogP contribution in [0.3, 0.4) is 0 Å². The Hall–Kier alpha value is -1.10. The SMILES string of the molecule is CCC[C@H](C(=O)N(CCC)CCC)N1CCC(C(=O)OCC)C1. The number of esters is 1. The Kier molecular flexibility index (Phi) is 9.22. The third-order valence-electron chi connectivity index (χ3n) is 4.43. The van der Waals surface area contributed by atoms with Crippen LogP contribution in [0.1, 0.15) is 59.8 Å². The lowest BCUT2D eigenvalue weighted by Gasteiger charge is -2.32. The summed E-state index contributed by atoms with van der Waals surface area (Å²) in [6.07, 6.45) is 4.60. The fourth-order valence-corrected chi connectivity index (χ4v) is 3.34. The lowest BCUT2D eigenvalue weighted by atomic mass is 10.1. The van der Waals surface area contributed by atoms with E-state index in [0.717, 1.165) is 51.7 Å². The number of hydrogen-bond acceptors (Lipinski definition) is 4. The first-order chi connectivity index (χ1) is 11.1. The number of hydrogen-bond donors (Lipinski definition) is 0. The molecule has 134 valence electrons. The molecule has 0 aliphatic carbocycles. The summed E-state index contributed by atoms with van der Waals surface area (Å²) in [4.78, 5) is 29.1. The van der Waals surface area contributed by atoms with Crippen LogP contribution in [0.4, 0.5) is 0 Å². The number of amides is 1. The number of likely N-dealkylation sites (tertiary alicyclic amines) is 1. The van der Waals surface area contributed by atoms with E-state index in [1.807, 2.05) is 11.8 Å². The Bertz CT molecular complexity index is 367. The molecule has 0 aromatic heterocycles. The number of carbonyl (C=O) groups excluding carboxylic acids is 2. The third-order valence-corrected chi connectivity index (χ3v) is 4.43. The highest BCUT2D eigenvalue weighted by Crippen LogP contribution is 2.23. The maximum absolute atomic E-state index is 13.0. The molecule has 1 aliphatic heterocycles. The van der Waals surface area contributed by atoms with Crippen LogP contribution >= 0.6 is 0 Å². The van der Waals surface area contributed by atoms with Crippen molar-refractivity contribution in [1.82, 2.24) is 9.80 Å². The molecule has 23 heavy (non-hydrogen) atoms. The minimum absolute atomic E-state index is 0.0760. The maximum Gasteiger partial charge on any atom is 0.310 e. The molecule has 0 aromatic rings. The van der Waals surface area contributed by atoms with Crippen LogP contribution in [0.15, 0.2) is 0 Å². The molecular weight excluding hydrogens is 292 g/mol. The average Bonchev–Trinajstić information content (AvgIpc) is 3.01. The molecule has 0 bridgehead atoms. The summed E-state index contributed by atoms with van der Waals surface area (Å²) in [5.74, 6) is 0.0460. The van der Waals surface area contributed by atoms with Gasteiger partial charge in [-0.05, 0) is 39.2 Å². The number of carbonyl (C=O) groups is 2. The molecule has 1 rings (SSSR count). The van der Waals surface area contributed by atoms with Crippen molar-refractivity contribution in [1.29, 1.82) is 0 Å². The summed E-state index contributed by atoms with van der Waals surface area (Å²) in [6.45, 7) is 11.7. The Morgan fingerprint density at radius 2 is 1.78 bits per heavy atom. The molecule has 0 saturated carbocycles. The van der Waals surface area contributed by atoms with E-state index in [-0.39, 0.29) is 23.8 Å². The Balaban J connectivity index is 2.73. The van der Waals surface area contributed by atoms with E-state index in [1.54, 1.807) is 0 Å². The normalized spacial score (nSPS) is 19.6. The van der Waals surface area contributed by atoms with Crippen molar-refractivity contribution >= 4 is 11.9 Å². The van der Waals surface area contributed by atoms with Crippen LogP contribution in [-0.2, 0) is 14.3 Å². The summed E-state index contributed by atoms with van der Waals surface area (Å²) in [5.41, 5.74) is 0. The van der Waals surface area contributed by atoms with Crippen LogP contribution < -0.4 is 0 Å². The molecule has 1 heterocycles. The monoisotopic (exact) mass is 326 g/mol. The van der Waals surface area contributed by atoms with Crippen LogP contribution in [0.5, 0.6) is 0 Å². The van der Waals surface area contributed by atoms with E-state index in [9.17, 15) is 9.59 Å². The predicted molar refractivity (Wildman–Crippen MR) is 92.2 cm³/mol. The second kappa shape index (κ2) is 10.6. The summed E-state index contributed by atoms with van der Waals surface area (Å²) in [5, 5.41) is 0. The Labute approximate surface area is 141 Å². The first-order valence-electron chi connectivity index (χ1n) is 9.28. The molecule has 1 aliphatic rings. The van der Waals surface area contributed by atoms with Gasteiger partial charge in [-0.1, -0.05) is 27.2 Å². The van der Waals surface area contributed by atoms with Crippen molar-refractivity contribution in [2.75, 3.05) is 32.8 Å². The van der Waals surface area contributed by atoms with E-state index in [4.69, 9.17) is 4.74 Å². The van der Waals surface area contributed by atoms with Crippen molar-refractivity contribution in [3.8, 4) is 0 Å². The zero-order chi connectivity index (χ0) is 17.2. The van der Waals surface area contributed by atoms with Gasteiger partial charge in [-0.25, -0.2) is 0 Å². The van der Waals surface area contributed by atoms with Crippen molar-refractivity contribution < 1.29 is 14.3 Å². The maximum atomic E-state index is 13.0. The molecule has 1 fully saturated rings.